The normalized spacial score (nSPS) is 12.0. The van der Waals surface area contributed by atoms with E-state index >= 15 is 0 Å². The number of aromatic nitrogens is 4. The summed E-state index contributed by atoms with van der Waals surface area (Å²) in [6.45, 7) is 3.77. The first-order valence-corrected chi connectivity index (χ1v) is 10.7. The van der Waals surface area contributed by atoms with Gasteiger partial charge in [0.25, 0.3) is 11.1 Å². The fourth-order valence-electron chi connectivity index (χ4n) is 2.72. The molecular formula is C21H19ClN4O4S. The highest BCUT2D eigenvalue weighted by molar-refractivity contribution is 7.98. The lowest BCUT2D eigenvalue weighted by Crippen LogP contribution is -2.04. The zero-order valence-electron chi connectivity index (χ0n) is 17.0. The predicted octanol–water partition coefficient (Wildman–Crippen LogP) is 5.52. The minimum Gasteiger partial charge on any atom is -0.497 e. The fraction of sp³-hybridized carbons (Fsp3) is 0.238. The molecule has 1 atom stereocenters. The number of rotatable bonds is 8. The smallest absolute Gasteiger partial charge is 0.277 e. The number of methoxy groups -OCH3 is 1. The van der Waals surface area contributed by atoms with Crippen molar-refractivity contribution in [3.8, 4) is 22.9 Å². The molecule has 2 aromatic carbocycles. The Kier molecular flexibility index (Phi) is 6.43. The Bertz CT molecular complexity index is 1160. The average molecular weight is 459 g/mol. The molecule has 160 valence electrons. The first-order chi connectivity index (χ1) is 15.0. The molecule has 0 saturated carbocycles. The Morgan fingerprint density at radius 2 is 1.94 bits per heavy atom. The van der Waals surface area contributed by atoms with Gasteiger partial charge in [0.15, 0.2) is 6.10 Å². The van der Waals surface area contributed by atoms with E-state index < -0.39 is 6.10 Å². The van der Waals surface area contributed by atoms with E-state index in [2.05, 4.69) is 20.3 Å². The third-order valence-electron chi connectivity index (χ3n) is 4.35. The van der Waals surface area contributed by atoms with Gasteiger partial charge in [0.05, 0.1) is 12.9 Å². The topological polar surface area (TPSA) is 96.3 Å². The maximum Gasteiger partial charge on any atom is 0.277 e. The molecule has 4 aromatic rings. The lowest BCUT2D eigenvalue weighted by molar-refractivity contribution is 0.180. The van der Waals surface area contributed by atoms with E-state index in [9.17, 15) is 0 Å². The lowest BCUT2D eigenvalue weighted by atomic mass is 10.2. The average Bonchev–Trinajstić information content (AvgIpc) is 3.44. The van der Waals surface area contributed by atoms with Gasteiger partial charge in [-0.3, -0.25) is 0 Å². The number of hydrogen-bond acceptors (Lipinski definition) is 9. The highest BCUT2D eigenvalue weighted by atomic mass is 35.5. The van der Waals surface area contributed by atoms with Gasteiger partial charge in [0.1, 0.15) is 11.5 Å². The van der Waals surface area contributed by atoms with Crippen molar-refractivity contribution >= 4 is 23.4 Å². The summed E-state index contributed by atoms with van der Waals surface area (Å²) in [5.74, 6) is 3.21. The van der Waals surface area contributed by atoms with Crippen LogP contribution in [0.1, 0.15) is 30.4 Å². The molecule has 0 N–H and O–H groups in total. The van der Waals surface area contributed by atoms with Crippen LogP contribution in [0.3, 0.4) is 0 Å². The highest BCUT2D eigenvalue weighted by Crippen LogP contribution is 2.29. The second-order valence-corrected chi connectivity index (χ2v) is 7.97. The van der Waals surface area contributed by atoms with E-state index in [4.69, 9.17) is 30.0 Å². The Hall–Kier alpha value is -3.04. The number of halogens is 1. The van der Waals surface area contributed by atoms with E-state index in [0.717, 1.165) is 16.9 Å². The summed E-state index contributed by atoms with van der Waals surface area (Å²) in [4.78, 5) is 4.40. The van der Waals surface area contributed by atoms with Crippen molar-refractivity contribution in [3.05, 3.63) is 64.8 Å². The summed E-state index contributed by atoms with van der Waals surface area (Å²) in [5, 5.41) is 13.2. The van der Waals surface area contributed by atoms with Crippen LogP contribution in [-0.4, -0.2) is 27.4 Å². The molecule has 0 spiro atoms. The molecule has 31 heavy (non-hydrogen) atoms. The molecule has 0 aliphatic carbocycles. The number of ether oxygens (including phenoxy) is 2. The predicted molar refractivity (Wildman–Crippen MR) is 115 cm³/mol. The van der Waals surface area contributed by atoms with Gasteiger partial charge in [-0.15, -0.1) is 10.2 Å². The Balaban J connectivity index is 1.35. The van der Waals surface area contributed by atoms with Gasteiger partial charge < -0.3 is 18.4 Å². The number of nitrogens with zero attached hydrogens (tertiary/aromatic N) is 4. The second kappa shape index (κ2) is 9.40. The fourth-order valence-corrected chi connectivity index (χ4v) is 3.56. The zero-order valence-corrected chi connectivity index (χ0v) is 18.6. The van der Waals surface area contributed by atoms with Crippen LogP contribution in [0.15, 0.2) is 56.6 Å². The van der Waals surface area contributed by atoms with Crippen LogP contribution in [-0.2, 0) is 5.75 Å². The van der Waals surface area contributed by atoms with Gasteiger partial charge in [-0.1, -0.05) is 28.5 Å². The number of thioether (sulfide) groups is 1. The summed E-state index contributed by atoms with van der Waals surface area (Å²) in [7, 11) is 1.62. The van der Waals surface area contributed by atoms with Gasteiger partial charge in [-0.2, -0.15) is 4.98 Å². The van der Waals surface area contributed by atoms with Gasteiger partial charge in [0.2, 0.25) is 11.7 Å². The van der Waals surface area contributed by atoms with E-state index in [1.165, 1.54) is 11.8 Å². The van der Waals surface area contributed by atoms with Gasteiger partial charge in [0, 0.05) is 10.6 Å². The molecule has 0 amide bonds. The monoisotopic (exact) mass is 458 g/mol. The largest absolute Gasteiger partial charge is 0.497 e. The molecular weight excluding hydrogens is 440 g/mol. The van der Waals surface area contributed by atoms with Crippen LogP contribution in [0.4, 0.5) is 0 Å². The maximum absolute atomic E-state index is 5.99. The van der Waals surface area contributed by atoms with Crippen LogP contribution in [0.2, 0.25) is 5.02 Å². The van der Waals surface area contributed by atoms with Crippen molar-refractivity contribution in [2.75, 3.05) is 7.11 Å². The van der Waals surface area contributed by atoms with E-state index in [1.807, 2.05) is 50.2 Å². The number of aryl methyl sites for hydroxylation is 1. The van der Waals surface area contributed by atoms with Crippen LogP contribution < -0.4 is 9.47 Å². The Morgan fingerprint density at radius 3 is 2.68 bits per heavy atom. The maximum atomic E-state index is 5.99. The molecule has 4 rings (SSSR count). The zero-order chi connectivity index (χ0) is 21.8. The van der Waals surface area contributed by atoms with Crippen molar-refractivity contribution < 1.29 is 18.4 Å². The van der Waals surface area contributed by atoms with Crippen LogP contribution >= 0.6 is 23.4 Å². The summed E-state index contributed by atoms with van der Waals surface area (Å²) in [6, 6.07) is 12.9. The number of hydrogen-bond donors (Lipinski definition) is 0. The standard InChI is InChI=1S/C21H19ClN4O4S/c1-12-10-15(22)6-9-17(12)28-13(2)20-24-25-21(29-20)31-11-18-23-19(26-30-18)14-4-7-16(27-3)8-5-14/h4-10,13H,11H2,1-3H3. The highest BCUT2D eigenvalue weighted by Gasteiger charge is 2.18. The molecule has 0 aliphatic heterocycles. The van der Waals surface area contributed by atoms with Crippen LogP contribution in [0, 0.1) is 6.92 Å². The third-order valence-corrected chi connectivity index (χ3v) is 5.38. The quantitative estimate of drug-likeness (QED) is 0.316. The molecule has 0 saturated heterocycles. The van der Waals surface area contributed by atoms with Crippen LogP contribution in [0.25, 0.3) is 11.4 Å². The van der Waals surface area contributed by atoms with Gasteiger partial charge in [-0.05, 0) is 61.9 Å². The first-order valence-electron chi connectivity index (χ1n) is 9.38. The SMILES string of the molecule is COc1ccc(-c2noc(CSc3nnc(C(C)Oc4ccc(Cl)cc4C)o3)n2)cc1. The molecule has 8 nitrogen and oxygen atoms in total. The molecule has 0 radical (unpaired) electrons. The van der Waals surface area contributed by atoms with Crippen molar-refractivity contribution in [2.24, 2.45) is 0 Å². The molecule has 1 unspecified atom stereocenters. The summed E-state index contributed by atoms with van der Waals surface area (Å²) >= 11 is 7.29. The lowest BCUT2D eigenvalue weighted by Gasteiger charge is -2.13. The van der Waals surface area contributed by atoms with Crippen molar-refractivity contribution in [3.63, 3.8) is 0 Å². The summed E-state index contributed by atoms with van der Waals surface area (Å²) in [6.07, 6.45) is -0.410. The summed E-state index contributed by atoms with van der Waals surface area (Å²) in [5.41, 5.74) is 1.77. The van der Waals surface area contributed by atoms with Crippen molar-refractivity contribution in [1.29, 1.82) is 0 Å². The second-order valence-electron chi connectivity index (χ2n) is 6.61. The van der Waals surface area contributed by atoms with Gasteiger partial charge >= 0.3 is 0 Å². The molecule has 10 heteroatoms. The Morgan fingerprint density at radius 1 is 1.13 bits per heavy atom. The number of benzene rings is 2. The minimum atomic E-state index is -0.410. The summed E-state index contributed by atoms with van der Waals surface area (Å²) < 4.78 is 22.1. The van der Waals surface area contributed by atoms with E-state index in [0.29, 0.717) is 39.4 Å². The van der Waals surface area contributed by atoms with Crippen molar-refractivity contribution in [2.45, 2.75) is 30.9 Å². The molecule has 2 heterocycles. The van der Waals surface area contributed by atoms with E-state index in [-0.39, 0.29) is 0 Å². The van der Waals surface area contributed by atoms with Crippen molar-refractivity contribution in [1.82, 2.24) is 20.3 Å². The third kappa shape index (κ3) is 5.18. The first kappa shape index (κ1) is 21.2. The molecule has 0 aliphatic rings. The van der Waals surface area contributed by atoms with Crippen LogP contribution in [0.5, 0.6) is 11.5 Å². The van der Waals surface area contributed by atoms with Gasteiger partial charge in [-0.25, -0.2) is 0 Å². The minimum absolute atomic E-state index is 0.376. The Labute approximate surface area is 187 Å². The molecule has 2 aromatic heterocycles. The van der Waals surface area contributed by atoms with E-state index in [1.54, 1.807) is 13.2 Å². The molecule has 0 bridgehead atoms. The molecule has 0 fully saturated rings.